The van der Waals surface area contributed by atoms with Crippen LogP contribution in [0.4, 0.5) is 0 Å². The highest BCUT2D eigenvalue weighted by Crippen LogP contribution is 2.21. The molecule has 86 valence electrons. The zero-order valence-corrected chi connectivity index (χ0v) is 9.60. The van der Waals surface area contributed by atoms with E-state index in [1.807, 2.05) is 19.1 Å². The number of nitrogens with one attached hydrogen (secondary N) is 1. The van der Waals surface area contributed by atoms with E-state index in [2.05, 4.69) is 16.4 Å². The van der Waals surface area contributed by atoms with Crippen LogP contribution in [0.2, 0.25) is 0 Å². The van der Waals surface area contributed by atoms with Gasteiger partial charge in [0, 0.05) is 18.0 Å². The molecule has 0 atom stereocenters. The summed E-state index contributed by atoms with van der Waals surface area (Å²) in [7, 11) is 0. The second-order valence-electron chi connectivity index (χ2n) is 3.62. The fraction of sp³-hybridized carbons (Fsp3) is 0.231. The molecule has 0 bridgehead atoms. The van der Waals surface area contributed by atoms with Gasteiger partial charge in [0.1, 0.15) is 17.6 Å². The molecule has 0 unspecified atom stereocenters. The molecule has 0 fully saturated rings. The Morgan fingerprint density at radius 2 is 2.29 bits per heavy atom. The Labute approximate surface area is 99.9 Å². The Balaban J connectivity index is 2.21. The predicted octanol–water partition coefficient (Wildman–Crippen LogP) is 2.32. The van der Waals surface area contributed by atoms with E-state index in [0.717, 1.165) is 23.6 Å². The highest BCUT2D eigenvalue weighted by molar-refractivity contribution is 5.58. The number of hydrogen-bond donors (Lipinski definition) is 1. The van der Waals surface area contributed by atoms with E-state index < -0.39 is 0 Å². The van der Waals surface area contributed by atoms with Crippen LogP contribution in [0.15, 0.2) is 35.0 Å². The average Bonchev–Trinajstić information content (AvgIpc) is 2.85. The Morgan fingerprint density at radius 1 is 1.41 bits per heavy atom. The first-order valence-electron chi connectivity index (χ1n) is 5.48. The van der Waals surface area contributed by atoms with Gasteiger partial charge in [-0.25, -0.2) is 0 Å². The van der Waals surface area contributed by atoms with Gasteiger partial charge in [-0.05, 0) is 24.7 Å². The molecule has 0 saturated carbocycles. The molecule has 0 amide bonds. The first-order valence-corrected chi connectivity index (χ1v) is 5.48. The fourth-order valence-electron chi connectivity index (χ4n) is 1.51. The molecule has 17 heavy (non-hydrogen) atoms. The lowest BCUT2D eigenvalue weighted by Crippen LogP contribution is -2.10. The zero-order chi connectivity index (χ0) is 12.1. The van der Waals surface area contributed by atoms with Gasteiger partial charge in [-0.2, -0.15) is 5.26 Å². The molecule has 0 aromatic carbocycles. The molecule has 1 N–H and O–H groups in total. The van der Waals surface area contributed by atoms with Gasteiger partial charge in [-0.3, -0.25) is 4.98 Å². The number of rotatable bonds is 4. The highest BCUT2D eigenvalue weighted by atomic mass is 16.3. The smallest absolute Gasteiger partial charge is 0.135 e. The van der Waals surface area contributed by atoms with Crippen LogP contribution in [0.25, 0.3) is 11.3 Å². The van der Waals surface area contributed by atoms with E-state index in [4.69, 9.17) is 9.68 Å². The summed E-state index contributed by atoms with van der Waals surface area (Å²) in [6.07, 6.45) is 3.22. The van der Waals surface area contributed by atoms with Gasteiger partial charge < -0.3 is 9.73 Å². The topological polar surface area (TPSA) is 61.9 Å². The minimum atomic E-state index is 0.534. The number of furan rings is 1. The van der Waals surface area contributed by atoms with Crippen molar-refractivity contribution in [3.8, 4) is 17.4 Å². The first kappa shape index (κ1) is 11.4. The van der Waals surface area contributed by atoms with Gasteiger partial charge in [-0.1, -0.05) is 6.92 Å². The first-order chi connectivity index (χ1) is 8.33. The maximum atomic E-state index is 8.80. The molecule has 2 rings (SSSR count). The van der Waals surface area contributed by atoms with Gasteiger partial charge in [0.05, 0.1) is 12.1 Å². The average molecular weight is 227 g/mol. The summed E-state index contributed by atoms with van der Waals surface area (Å²) in [5, 5.41) is 12.0. The van der Waals surface area contributed by atoms with Crippen LogP contribution in [0.1, 0.15) is 18.2 Å². The largest absolute Gasteiger partial charge is 0.460 e. The molecule has 0 aliphatic carbocycles. The molecule has 2 aromatic rings. The third-order valence-electron chi connectivity index (χ3n) is 2.36. The Kier molecular flexibility index (Phi) is 3.53. The van der Waals surface area contributed by atoms with Crippen molar-refractivity contribution in [2.24, 2.45) is 0 Å². The number of nitriles is 1. The van der Waals surface area contributed by atoms with Gasteiger partial charge in [-0.15, -0.1) is 0 Å². The van der Waals surface area contributed by atoms with Crippen LogP contribution in [0, 0.1) is 11.3 Å². The predicted molar refractivity (Wildman–Crippen MR) is 64.0 cm³/mol. The minimum absolute atomic E-state index is 0.534. The summed E-state index contributed by atoms with van der Waals surface area (Å²) in [5.41, 5.74) is 1.36. The van der Waals surface area contributed by atoms with E-state index in [-0.39, 0.29) is 0 Å². The molecule has 2 heterocycles. The molecule has 0 spiro atoms. The number of aromatic nitrogens is 1. The molecular weight excluding hydrogens is 214 g/mol. The molecule has 0 aliphatic heterocycles. The van der Waals surface area contributed by atoms with Crippen molar-refractivity contribution in [2.45, 2.75) is 13.5 Å². The second-order valence-corrected chi connectivity index (χ2v) is 3.62. The van der Waals surface area contributed by atoms with Crippen molar-refractivity contribution in [3.05, 3.63) is 41.9 Å². The van der Waals surface area contributed by atoms with Crippen molar-refractivity contribution in [2.75, 3.05) is 6.54 Å². The summed E-state index contributed by atoms with van der Waals surface area (Å²) in [5.74, 6) is 1.62. The number of hydrogen-bond acceptors (Lipinski definition) is 4. The summed E-state index contributed by atoms with van der Waals surface area (Å²) < 4.78 is 5.66. The lowest BCUT2D eigenvalue weighted by molar-refractivity contribution is 0.498. The molecule has 2 aromatic heterocycles. The SMILES string of the molecule is CCNCc1ccc(-c2cncc(C#N)c2)o1. The van der Waals surface area contributed by atoms with Crippen molar-refractivity contribution in [3.63, 3.8) is 0 Å². The molecule has 0 aliphatic rings. The summed E-state index contributed by atoms with van der Waals surface area (Å²) >= 11 is 0. The lowest BCUT2D eigenvalue weighted by atomic mass is 10.2. The second kappa shape index (κ2) is 5.28. The van der Waals surface area contributed by atoms with Crippen LogP contribution in [-0.4, -0.2) is 11.5 Å². The molecule has 4 heteroatoms. The zero-order valence-electron chi connectivity index (χ0n) is 9.60. The maximum Gasteiger partial charge on any atom is 0.135 e. The van der Waals surface area contributed by atoms with Gasteiger partial charge in [0.25, 0.3) is 0 Å². The van der Waals surface area contributed by atoms with Gasteiger partial charge in [0.15, 0.2) is 0 Å². The Bertz CT molecular complexity index is 540. The number of nitrogens with zero attached hydrogens (tertiary/aromatic N) is 2. The van der Waals surface area contributed by atoms with E-state index in [1.165, 1.54) is 6.20 Å². The molecule has 4 nitrogen and oxygen atoms in total. The lowest BCUT2D eigenvalue weighted by Gasteiger charge is -1.98. The van der Waals surface area contributed by atoms with Gasteiger partial charge >= 0.3 is 0 Å². The fourth-order valence-corrected chi connectivity index (χ4v) is 1.51. The van der Waals surface area contributed by atoms with Crippen LogP contribution in [0.3, 0.4) is 0 Å². The van der Waals surface area contributed by atoms with Crippen LogP contribution >= 0.6 is 0 Å². The summed E-state index contributed by atoms with van der Waals surface area (Å²) in [6, 6.07) is 7.65. The number of pyridine rings is 1. The van der Waals surface area contributed by atoms with Gasteiger partial charge in [0.2, 0.25) is 0 Å². The van der Waals surface area contributed by atoms with E-state index in [9.17, 15) is 0 Å². The maximum absolute atomic E-state index is 8.80. The quantitative estimate of drug-likeness (QED) is 0.870. The Morgan fingerprint density at radius 3 is 3.06 bits per heavy atom. The highest BCUT2D eigenvalue weighted by Gasteiger charge is 2.05. The molecular formula is C13H13N3O. The van der Waals surface area contributed by atoms with Crippen molar-refractivity contribution in [1.82, 2.24) is 10.3 Å². The molecule has 0 saturated heterocycles. The normalized spacial score (nSPS) is 10.1. The Hall–Kier alpha value is -2.12. The minimum Gasteiger partial charge on any atom is -0.460 e. The third kappa shape index (κ3) is 2.71. The third-order valence-corrected chi connectivity index (χ3v) is 2.36. The standard InChI is InChI=1S/C13H13N3O/c1-2-15-9-12-3-4-13(17-12)11-5-10(6-14)7-16-8-11/h3-5,7-8,15H,2,9H2,1H3. The van der Waals surface area contributed by atoms with Crippen molar-refractivity contribution < 1.29 is 4.42 Å². The molecule has 0 radical (unpaired) electrons. The summed E-state index contributed by atoms with van der Waals surface area (Å²) in [4.78, 5) is 4.01. The van der Waals surface area contributed by atoms with E-state index in [0.29, 0.717) is 12.1 Å². The summed E-state index contributed by atoms with van der Waals surface area (Å²) in [6.45, 7) is 3.66. The van der Waals surface area contributed by atoms with Crippen LogP contribution in [0.5, 0.6) is 0 Å². The van der Waals surface area contributed by atoms with Crippen LogP contribution in [-0.2, 0) is 6.54 Å². The van der Waals surface area contributed by atoms with Crippen molar-refractivity contribution in [1.29, 1.82) is 5.26 Å². The van der Waals surface area contributed by atoms with E-state index >= 15 is 0 Å². The monoisotopic (exact) mass is 227 g/mol. The van der Waals surface area contributed by atoms with E-state index in [1.54, 1.807) is 12.3 Å². The van der Waals surface area contributed by atoms with Crippen molar-refractivity contribution >= 4 is 0 Å². The van der Waals surface area contributed by atoms with Crippen LogP contribution < -0.4 is 5.32 Å².